The van der Waals surface area contributed by atoms with Gasteiger partial charge in [0.15, 0.2) is 0 Å². The van der Waals surface area contributed by atoms with Crippen molar-refractivity contribution in [1.82, 2.24) is 20.6 Å². The van der Waals surface area contributed by atoms with E-state index in [4.69, 9.17) is 0 Å². The Hall–Kier alpha value is -2.15. The van der Waals surface area contributed by atoms with Crippen LogP contribution >= 0.6 is 11.8 Å². The van der Waals surface area contributed by atoms with Crippen LogP contribution in [0.2, 0.25) is 0 Å². The van der Waals surface area contributed by atoms with Gasteiger partial charge in [-0.2, -0.15) is 0 Å². The molecule has 25 heavy (non-hydrogen) atoms. The third-order valence-corrected chi connectivity index (χ3v) is 5.46. The number of thioether (sulfide) groups is 1. The van der Waals surface area contributed by atoms with Crippen LogP contribution < -0.4 is 10.6 Å². The number of aromatic nitrogens is 2. The number of amides is 3. The van der Waals surface area contributed by atoms with E-state index >= 15 is 0 Å². The predicted molar refractivity (Wildman–Crippen MR) is 98.4 cm³/mol. The van der Waals surface area contributed by atoms with Crippen molar-refractivity contribution in [3.05, 3.63) is 30.6 Å². The van der Waals surface area contributed by atoms with Gasteiger partial charge in [-0.3, -0.25) is 10.1 Å². The van der Waals surface area contributed by atoms with Crippen LogP contribution in [0.1, 0.15) is 39.0 Å². The van der Waals surface area contributed by atoms with Crippen molar-refractivity contribution in [3.63, 3.8) is 0 Å². The molecule has 1 aromatic heterocycles. The maximum Gasteiger partial charge on any atom is 0.321 e. The first kappa shape index (κ1) is 17.7. The fourth-order valence-corrected chi connectivity index (χ4v) is 3.89. The van der Waals surface area contributed by atoms with Crippen LogP contribution in [-0.2, 0) is 4.79 Å². The molecule has 0 bridgehead atoms. The van der Waals surface area contributed by atoms with E-state index in [0.29, 0.717) is 0 Å². The van der Waals surface area contributed by atoms with Crippen LogP contribution in [0, 0.1) is 0 Å². The summed E-state index contributed by atoms with van der Waals surface area (Å²) >= 11 is 1.33. The highest BCUT2D eigenvalue weighted by atomic mass is 32.2. The van der Waals surface area contributed by atoms with E-state index in [2.05, 4.69) is 20.6 Å². The van der Waals surface area contributed by atoms with Gasteiger partial charge in [0.05, 0.1) is 10.8 Å². The second kappa shape index (κ2) is 8.29. The van der Waals surface area contributed by atoms with Crippen LogP contribution in [0.25, 0.3) is 10.9 Å². The number of urea groups is 1. The molecule has 1 fully saturated rings. The smallest absolute Gasteiger partial charge is 0.321 e. The largest absolute Gasteiger partial charge is 0.335 e. The Morgan fingerprint density at radius 1 is 1.16 bits per heavy atom. The van der Waals surface area contributed by atoms with Crippen LogP contribution in [0.3, 0.4) is 0 Å². The number of hydrogen-bond acceptors (Lipinski definition) is 5. The third kappa shape index (κ3) is 4.69. The number of hydrogen-bond donors (Lipinski definition) is 2. The van der Waals surface area contributed by atoms with Gasteiger partial charge in [0, 0.05) is 11.4 Å². The standard InChI is InChI=1S/C18H22N4O2S/c1-12(16(23)22-18(24)21-13-7-3-2-4-8-13)25-17-14-9-5-6-10-15(14)19-11-20-17/h5-6,9-13H,2-4,7-8H2,1H3,(H2,21,22,23,24)/t12-/m1/s1. The summed E-state index contributed by atoms with van der Waals surface area (Å²) in [6.45, 7) is 1.77. The van der Waals surface area contributed by atoms with Gasteiger partial charge in [0.2, 0.25) is 5.91 Å². The topological polar surface area (TPSA) is 84.0 Å². The molecule has 2 N–H and O–H groups in total. The summed E-state index contributed by atoms with van der Waals surface area (Å²) < 4.78 is 0. The number of carbonyl (C=O) groups excluding carboxylic acids is 2. The van der Waals surface area contributed by atoms with Gasteiger partial charge < -0.3 is 5.32 Å². The van der Waals surface area contributed by atoms with Gasteiger partial charge in [-0.1, -0.05) is 49.2 Å². The minimum absolute atomic E-state index is 0.176. The zero-order valence-electron chi connectivity index (χ0n) is 14.2. The molecule has 0 radical (unpaired) electrons. The molecule has 0 unspecified atom stereocenters. The van der Waals surface area contributed by atoms with Crippen molar-refractivity contribution in [2.24, 2.45) is 0 Å². The van der Waals surface area contributed by atoms with Gasteiger partial charge in [0.25, 0.3) is 0 Å². The summed E-state index contributed by atoms with van der Waals surface area (Å²) in [5, 5.41) is 6.54. The van der Waals surface area contributed by atoms with E-state index in [-0.39, 0.29) is 11.9 Å². The fraction of sp³-hybridized carbons (Fsp3) is 0.444. The van der Waals surface area contributed by atoms with E-state index in [9.17, 15) is 9.59 Å². The first-order valence-electron chi connectivity index (χ1n) is 8.61. The van der Waals surface area contributed by atoms with Crippen molar-refractivity contribution in [1.29, 1.82) is 0 Å². The maximum absolute atomic E-state index is 12.3. The van der Waals surface area contributed by atoms with Gasteiger partial charge in [0.1, 0.15) is 11.4 Å². The van der Waals surface area contributed by atoms with Gasteiger partial charge in [-0.25, -0.2) is 14.8 Å². The molecule has 1 aliphatic carbocycles. The zero-order chi connectivity index (χ0) is 17.6. The van der Waals surface area contributed by atoms with Crippen LogP contribution in [-0.4, -0.2) is 33.2 Å². The van der Waals surface area contributed by atoms with E-state index in [1.165, 1.54) is 24.5 Å². The van der Waals surface area contributed by atoms with Gasteiger partial charge in [-0.15, -0.1) is 0 Å². The summed E-state index contributed by atoms with van der Waals surface area (Å²) in [6.07, 6.45) is 6.94. The SMILES string of the molecule is C[C@@H](Sc1ncnc2ccccc12)C(=O)NC(=O)NC1CCCCC1. The lowest BCUT2D eigenvalue weighted by Crippen LogP contribution is -2.47. The number of rotatable bonds is 4. The molecule has 6 nitrogen and oxygen atoms in total. The molecule has 3 rings (SSSR count). The highest BCUT2D eigenvalue weighted by molar-refractivity contribution is 8.00. The molecule has 1 aromatic carbocycles. The summed E-state index contributed by atoms with van der Waals surface area (Å²) in [5.74, 6) is -0.319. The molecule has 1 aliphatic rings. The maximum atomic E-state index is 12.3. The van der Waals surface area contributed by atoms with Gasteiger partial charge >= 0.3 is 6.03 Å². The number of imide groups is 1. The molecular weight excluding hydrogens is 336 g/mol. The molecular formula is C18H22N4O2S. The minimum Gasteiger partial charge on any atom is -0.335 e. The Morgan fingerprint density at radius 3 is 2.72 bits per heavy atom. The highest BCUT2D eigenvalue weighted by Gasteiger charge is 2.21. The number of para-hydroxylation sites is 1. The minimum atomic E-state index is -0.435. The molecule has 0 aliphatic heterocycles. The van der Waals surface area contributed by atoms with Crippen LogP contribution in [0.4, 0.5) is 4.79 Å². The number of nitrogens with one attached hydrogen (secondary N) is 2. The van der Waals surface area contributed by atoms with E-state index in [1.807, 2.05) is 24.3 Å². The fourth-order valence-electron chi connectivity index (χ4n) is 2.98. The number of carbonyl (C=O) groups is 2. The summed E-state index contributed by atoms with van der Waals surface area (Å²) in [4.78, 5) is 32.8. The van der Waals surface area contributed by atoms with E-state index < -0.39 is 11.3 Å². The van der Waals surface area contributed by atoms with Crippen LogP contribution in [0.15, 0.2) is 35.6 Å². The lowest BCUT2D eigenvalue weighted by molar-refractivity contribution is -0.119. The molecule has 132 valence electrons. The summed E-state index contributed by atoms with van der Waals surface area (Å²) in [5.41, 5.74) is 0.836. The van der Waals surface area contributed by atoms with Crippen LogP contribution in [0.5, 0.6) is 0 Å². The van der Waals surface area contributed by atoms with E-state index in [1.54, 1.807) is 6.92 Å². The molecule has 1 heterocycles. The molecule has 3 amide bonds. The molecule has 0 spiro atoms. The zero-order valence-corrected chi connectivity index (χ0v) is 15.0. The van der Waals surface area contributed by atoms with Crippen molar-refractivity contribution in [2.45, 2.75) is 55.3 Å². The number of fused-ring (bicyclic) bond motifs is 1. The van der Waals surface area contributed by atoms with Gasteiger partial charge in [-0.05, 0) is 25.8 Å². The average Bonchev–Trinajstić information content (AvgIpc) is 2.62. The summed E-state index contributed by atoms with van der Waals surface area (Å²) in [7, 11) is 0. The molecule has 1 atom stereocenters. The molecule has 7 heteroatoms. The van der Waals surface area contributed by atoms with Crippen molar-refractivity contribution in [3.8, 4) is 0 Å². The lowest BCUT2D eigenvalue weighted by Gasteiger charge is -2.23. The predicted octanol–water partition coefficient (Wildman–Crippen LogP) is 3.27. The molecule has 0 saturated heterocycles. The monoisotopic (exact) mass is 358 g/mol. The Labute approximate surface area is 151 Å². The average molecular weight is 358 g/mol. The Morgan fingerprint density at radius 2 is 1.92 bits per heavy atom. The van der Waals surface area contributed by atoms with Crippen molar-refractivity contribution >= 4 is 34.6 Å². The second-order valence-electron chi connectivity index (χ2n) is 6.25. The Kier molecular flexibility index (Phi) is 5.86. The molecule has 1 saturated carbocycles. The first-order valence-corrected chi connectivity index (χ1v) is 9.49. The Balaban J connectivity index is 1.57. The third-order valence-electron chi connectivity index (χ3n) is 4.34. The second-order valence-corrected chi connectivity index (χ2v) is 7.58. The number of benzene rings is 1. The Bertz CT molecular complexity index is 756. The normalized spacial score (nSPS) is 16.4. The van der Waals surface area contributed by atoms with Crippen molar-refractivity contribution < 1.29 is 9.59 Å². The quantitative estimate of drug-likeness (QED) is 0.647. The summed E-state index contributed by atoms with van der Waals surface area (Å²) in [6, 6.07) is 7.43. The van der Waals surface area contributed by atoms with E-state index in [0.717, 1.165) is 41.6 Å². The molecule has 2 aromatic rings. The first-order chi connectivity index (χ1) is 12.1. The van der Waals surface area contributed by atoms with Crippen molar-refractivity contribution in [2.75, 3.05) is 0 Å². The number of nitrogens with zero attached hydrogens (tertiary/aromatic N) is 2. The lowest BCUT2D eigenvalue weighted by atomic mass is 9.96. The highest BCUT2D eigenvalue weighted by Crippen LogP contribution is 2.27.